The van der Waals surface area contributed by atoms with Crippen LogP contribution < -0.4 is 0 Å². The van der Waals surface area contributed by atoms with Crippen LogP contribution in [0.25, 0.3) is 0 Å². The second kappa shape index (κ2) is 18.5. The third-order valence-electron chi connectivity index (χ3n) is 3.73. The number of hydrogen-bond acceptors (Lipinski definition) is 2. The van der Waals surface area contributed by atoms with Crippen molar-refractivity contribution in [2.24, 2.45) is 0 Å². The van der Waals surface area contributed by atoms with E-state index in [2.05, 4.69) is 18.7 Å². The molecule has 4 heteroatoms. The molecule has 3 nitrogen and oxygen atoms in total. The molecule has 0 atom stereocenters. The van der Waals surface area contributed by atoms with Crippen LogP contribution in [0.3, 0.4) is 0 Å². The molecule has 0 saturated carbocycles. The molecule has 0 aliphatic carbocycles. The van der Waals surface area contributed by atoms with E-state index >= 15 is 0 Å². The predicted molar refractivity (Wildman–Crippen MR) is 93.4 cm³/mol. The first-order valence-electron chi connectivity index (χ1n) is 8.64. The van der Waals surface area contributed by atoms with Crippen molar-refractivity contribution in [1.29, 1.82) is 0 Å². The van der Waals surface area contributed by atoms with E-state index in [0.29, 0.717) is 0 Å². The maximum atomic E-state index is 10.7. The van der Waals surface area contributed by atoms with E-state index in [9.17, 15) is 4.79 Å². The molecule has 0 aromatic carbocycles. The molecule has 21 heavy (non-hydrogen) atoms. The van der Waals surface area contributed by atoms with Gasteiger partial charge in [0.1, 0.15) is 0 Å². The Bertz CT molecular complexity index is 225. The van der Waals surface area contributed by atoms with Crippen molar-refractivity contribution in [2.75, 3.05) is 19.6 Å². The van der Waals surface area contributed by atoms with E-state index in [1.54, 1.807) is 0 Å². The minimum atomic E-state index is -0.703. The number of carbonyl (C=O) groups is 1. The van der Waals surface area contributed by atoms with Crippen LogP contribution in [0.4, 0.5) is 0 Å². The summed E-state index contributed by atoms with van der Waals surface area (Å²) in [4.78, 5) is 12.8. The van der Waals surface area contributed by atoms with Crippen LogP contribution in [0.15, 0.2) is 0 Å². The number of unbranched alkanes of at least 4 members (excludes halogenated alkanes) is 9. The molecule has 0 fully saturated rings. The molecule has 0 radical (unpaired) electrons. The van der Waals surface area contributed by atoms with E-state index in [1.807, 2.05) is 0 Å². The summed E-state index contributed by atoms with van der Waals surface area (Å²) in [6.07, 6.45) is 14.3. The van der Waals surface area contributed by atoms with Gasteiger partial charge in [-0.2, -0.15) is 0 Å². The average molecular weight is 309 g/mol. The van der Waals surface area contributed by atoms with Crippen LogP contribution in [0.5, 0.6) is 0 Å². The number of aliphatic carboxylic acids is 1. The Balaban J connectivity index is 0. The molecule has 122 valence electrons. The predicted octanol–water partition coefficient (Wildman–Crippen LogP) is 4.06. The van der Waals surface area contributed by atoms with E-state index in [0.717, 1.165) is 25.9 Å². The van der Waals surface area contributed by atoms with Gasteiger partial charge in [0.05, 0.1) is 6.54 Å². The summed E-state index contributed by atoms with van der Waals surface area (Å²) in [6, 6.07) is 0. The first-order valence-corrected chi connectivity index (χ1v) is 8.64. The fourth-order valence-corrected chi connectivity index (χ4v) is 2.60. The van der Waals surface area contributed by atoms with Crippen LogP contribution in [0.2, 0.25) is 0 Å². The first kappa shape index (κ1) is 23.7. The van der Waals surface area contributed by atoms with Crippen LogP contribution in [-0.2, 0) is 4.79 Å². The normalized spacial score (nSPS) is 10.6. The molecule has 0 aromatic heterocycles. The number of rotatable bonds is 15. The van der Waals surface area contributed by atoms with Gasteiger partial charge in [-0.05, 0) is 25.9 Å². The standard InChI is InChI=1S/C17H35NO2.Na.H/c1-3-5-6-7-8-9-10-11-12-13-15-18(14-4-2)16-17(19)20;;/h3-16H2,1-2H3,(H,19,20);;. The number of nitrogens with zero attached hydrogens (tertiary/aromatic N) is 1. The molecule has 0 bridgehead atoms. The van der Waals surface area contributed by atoms with Crippen molar-refractivity contribution in [1.82, 2.24) is 4.90 Å². The first-order chi connectivity index (χ1) is 9.70. The molecule has 0 aliphatic heterocycles. The summed E-state index contributed by atoms with van der Waals surface area (Å²) in [5.74, 6) is -0.703. The summed E-state index contributed by atoms with van der Waals surface area (Å²) in [7, 11) is 0. The van der Waals surface area contributed by atoms with Crippen molar-refractivity contribution >= 4 is 35.5 Å². The molecular formula is C17H36NNaO2. The zero-order valence-corrected chi connectivity index (χ0v) is 13.7. The Hall–Kier alpha value is 0.430. The molecule has 0 rings (SSSR count). The van der Waals surface area contributed by atoms with Crippen molar-refractivity contribution in [2.45, 2.75) is 84.5 Å². The summed E-state index contributed by atoms with van der Waals surface area (Å²) < 4.78 is 0. The summed E-state index contributed by atoms with van der Waals surface area (Å²) in [5, 5.41) is 8.83. The van der Waals surface area contributed by atoms with Gasteiger partial charge in [0.2, 0.25) is 0 Å². The summed E-state index contributed by atoms with van der Waals surface area (Å²) >= 11 is 0. The quantitative estimate of drug-likeness (QED) is 0.366. The van der Waals surface area contributed by atoms with Gasteiger partial charge in [0.15, 0.2) is 0 Å². The van der Waals surface area contributed by atoms with Gasteiger partial charge in [-0.3, -0.25) is 9.69 Å². The summed E-state index contributed by atoms with van der Waals surface area (Å²) in [6.45, 7) is 6.41. The average Bonchev–Trinajstić information content (AvgIpc) is 2.40. The second-order valence-electron chi connectivity index (χ2n) is 5.85. The molecule has 0 spiro atoms. The Morgan fingerprint density at radius 1 is 0.762 bits per heavy atom. The third kappa shape index (κ3) is 18.4. The maximum absolute atomic E-state index is 10.7. The fourth-order valence-electron chi connectivity index (χ4n) is 2.60. The van der Waals surface area contributed by atoms with E-state index in [-0.39, 0.29) is 36.1 Å². The van der Waals surface area contributed by atoms with Crippen molar-refractivity contribution in [3.8, 4) is 0 Å². The van der Waals surface area contributed by atoms with Crippen LogP contribution in [0.1, 0.15) is 84.5 Å². The molecular weight excluding hydrogens is 273 g/mol. The van der Waals surface area contributed by atoms with Gasteiger partial charge < -0.3 is 5.11 Å². The van der Waals surface area contributed by atoms with E-state index < -0.39 is 5.97 Å². The zero-order valence-electron chi connectivity index (χ0n) is 13.7. The minimum absolute atomic E-state index is 0. The molecule has 0 unspecified atom stereocenters. The SMILES string of the molecule is CCCCCCCCCCCCN(CCC)CC(=O)O.[NaH]. The molecule has 0 aliphatic rings. The Labute approximate surface area is 154 Å². The Kier molecular flexibility index (Phi) is 20.8. The van der Waals surface area contributed by atoms with Gasteiger partial charge in [-0.1, -0.05) is 71.6 Å². The van der Waals surface area contributed by atoms with E-state index in [1.165, 1.54) is 57.8 Å². The van der Waals surface area contributed by atoms with Gasteiger partial charge in [0, 0.05) is 0 Å². The Morgan fingerprint density at radius 2 is 1.24 bits per heavy atom. The van der Waals surface area contributed by atoms with Crippen molar-refractivity contribution < 1.29 is 9.90 Å². The van der Waals surface area contributed by atoms with Crippen molar-refractivity contribution in [3.63, 3.8) is 0 Å². The van der Waals surface area contributed by atoms with E-state index in [4.69, 9.17) is 5.11 Å². The topological polar surface area (TPSA) is 40.5 Å². The van der Waals surface area contributed by atoms with Gasteiger partial charge in [-0.15, -0.1) is 0 Å². The van der Waals surface area contributed by atoms with Crippen molar-refractivity contribution in [3.05, 3.63) is 0 Å². The second-order valence-corrected chi connectivity index (χ2v) is 5.85. The Morgan fingerprint density at radius 3 is 1.67 bits per heavy atom. The fraction of sp³-hybridized carbons (Fsp3) is 0.941. The molecule has 0 aromatic rings. The zero-order chi connectivity index (χ0) is 15.1. The molecule has 0 amide bonds. The number of carboxylic acid groups (broad SMARTS) is 1. The van der Waals surface area contributed by atoms with Crippen LogP contribution >= 0.6 is 0 Å². The van der Waals surface area contributed by atoms with Gasteiger partial charge in [-0.25, -0.2) is 0 Å². The molecule has 1 N–H and O–H groups in total. The van der Waals surface area contributed by atoms with Crippen LogP contribution in [0, 0.1) is 0 Å². The van der Waals surface area contributed by atoms with Gasteiger partial charge >= 0.3 is 35.5 Å². The summed E-state index contributed by atoms with van der Waals surface area (Å²) in [5.41, 5.74) is 0. The van der Waals surface area contributed by atoms with Crippen LogP contribution in [-0.4, -0.2) is 65.2 Å². The number of carboxylic acids is 1. The molecule has 0 heterocycles. The van der Waals surface area contributed by atoms with Gasteiger partial charge in [0.25, 0.3) is 0 Å². The molecule has 0 saturated heterocycles. The number of hydrogen-bond donors (Lipinski definition) is 1. The monoisotopic (exact) mass is 309 g/mol. The third-order valence-corrected chi connectivity index (χ3v) is 3.73.